The molecule has 6 nitrogen and oxygen atoms in total. The van der Waals surface area contributed by atoms with Crippen molar-refractivity contribution in [2.75, 3.05) is 30.3 Å². The van der Waals surface area contributed by atoms with E-state index in [1.807, 2.05) is 0 Å². The van der Waals surface area contributed by atoms with Crippen molar-refractivity contribution >= 4 is 34.8 Å². The van der Waals surface area contributed by atoms with Crippen LogP contribution in [0.15, 0.2) is 18.2 Å². The maximum absolute atomic E-state index is 12.1. The molecule has 1 atom stereocenters. The van der Waals surface area contributed by atoms with E-state index in [0.717, 1.165) is 6.54 Å². The average molecular weight is 298 g/mol. The normalized spacial score (nSPS) is 18.4. The summed E-state index contributed by atoms with van der Waals surface area (Å²) in [6.45, 7) is 3.08. The van der Waals surface area contributed by atoms with Gasteiger partial charge in [-0.05, 0) is 18.2 Å². The summed E-state index contributed by atoms with van der Waals surface area (Å²) in [6.07, 6.45) is -0.548. The van der Waals surface area contributed by atoms with Crippen molar-refractivity contribution in [3.63, 3.8) is 0 Å². The van der Waals surface area contributed by atoms with Gasteiger partial charge >= 0.3 is 0 Å². The van der Waals surface area contributed by atoms with Gasteiger partial charge in [-0.3, -0.25) is 9.59 Å². The number of morpholine rings is 1. The highest BCUT2D eigenvalue weighted by molar-refractivity contribution is 6.31. The molecular weight excluding hydrogens is 282 g/mol. The monoisotopic (exact) mass is 297 g/mol. The second kappa shape index (κ2) is 6.69. The Bertz CT molecular complexity index is 516. The van der Waals surface area contributed by atoms with E-state index in [9.17, 15) is 9.59 Å². The zero-order valence-corrected chi connectivity index (χ0v) is 11.8. The summed E-state index contributed by atoms with van der Waals surface area (Å²) in [4.78, 5) is 23.2. The minimum absolute atomic E-state index is 0.224. The summed E-state index contributed by atoms with van der Waals surface area (Å²) in [6, 6.07) is 4.86. The molecule has 0 spiro atoms. The van der Waals surface area contributed by atoms with Gasteiger partial charge in [-0.1, -0.05) is 11.6 Å². The molecule has 0 aliphatic carbocycles. The Balaban J connectivity index is 2.12. The summed E-state index contributed by atoms with van der Waals surface area (Å²) >= 11 is 5.92. The van der Waals surface area contributed by atoms with Crippen molar-refractivity contribution in [1.29, 1.82) is 0 Å². The Morgan fingerprint density at radius 2 is 2.15 bits per heavy atom. The highest BCUT2D eigenvalue weighted by Crippen LogP contribution is 2.26. The average Bonchev–Trinajstić information content (AvgIpc) is 2.42. The van der Waals surface area contributed by atoms with Gasteiger partial charge in [0.15, 0.2) is 0 Å². The molecule has 0 radical (unpaired) electrons. The zero-order chi connectivity index (χ0) is 14.5. The fraction of sp³-hybridized carbons (Fsp3) is 0.385. The number of rotatable bonds is 3. The number of hydrogen-bond acceptors (Lipinski definition) is 4. The number of amides is 2. The van der Waals surface area contributed by atoms with Crippen LogP contribution in [-0.4, -0.2) is 37.6 Å². The highest BCUT2D eigenvalue weighted by atomic mass is 35.5. The number of hydrogen-bond donors (Lipinski definition) is 3. The van der Waals surface area contributed by atoms with Gasteiger partial charge < -0.3 is 20.7 Å². The van der Waals surface area contributed by atoms with Gasteiger partial charge in [-0.25, -0.2) is 0 Å². The molecular formula is C13H16ClN3O3. The van der Waals surface area contributed by atoms with Crippen LogP contribution in [-0.2, 0) is 14.3 Å². The van der Waals surface area contributed by atoms with E-state index in [-0.39, 0.29) is 11.8 Å². The van der Waals surface area contributed by atoms with E-state index in [2.05, 4.69) is 16.0 Å². The van der Waals surface area contributed by atoms with Crippen molar-refractivity contribution in [1.82, 2.24) is 5.32 Å². The van der Waals surface area contributed by atoms with Crippen LogP contribution in [0.1, 0.15) is 6.92 Å². The van der Waals surface area contributed by atoms with Crippen LogP contribution in [0.5, 0.6) is 0 Å². The number of benzene rings is 1. The van der Waals surface area contributed by atoms with Gasteiger partial charge in [0, 0.05) is 25.0 Å². The predicted molar refractivity (Wildman–Crippen MR) is 77.0 cm³/mol. The number of carbonyl (C=O) groups is 2. The summed E-state index contributed by atoms with van der Waals surface area (Å²) in [7, 11) is 0. The van der Waals surface area contributed by atoms with Crippen LogP contribution in [0.4, 0.5) is 11.4 Å². The molecule has 20 heavy (non-hydrogen) atoms. The zero-order valence-electron chi connectivity index (χ0n) is 11.0. The number of nitrogens with one attached hydrogen (secondary N) is 3. The predicted octanol–water partition coefficient (Wildman–Crippen LogP) is 1.23. The van der Waals surface area contributed by atoms with E-state index in [1.54, 1.807) is 18.2 Å². The Hall–Kier alpha value is -1.63. The van der Waals surface area contributed by atoms with Gasteiger partial charge in [0.2, 0.25) is 5.91 Å². The SMILES string of the molecule is CC(=O)Nc1ccc(Cl)cc1NC(=O)C1CNCCO1. The van der Waals surface area contributed by atoms with Crippen LogP contribution >= 0.6 is 11.6 Å². The summed E-state index contributed by atoms with van der Waals surface area (Å²) in [5.41, 5.74) is 0.950. The number of ether oxygens (including phenoxy) is 1. The lowest BCUT2D eigenvalue weighted by Crippen LogP contribution is -2.45. The third-order valence-corrected chi connectivity index (χ3v) is 3.01. The molecule has 1 aliphatic rings. The molecule has 1 saturated heterocycles. The van der Waals surface area contributed by atoms with Gasteiger partial charge in [-0.2, -0.15) is 0 Å². The molecule has 0 saturated carbocycles. The molecule has 1 aromatic rings. The third-order valence-electron chi connectivity index (χ3n) is 2.77. The molecule has 1 aliphatic heterocycles. The molecule has 108 valence electrons. The maximum Gasteiger partial charge on any atom is 0.254 e. The van der Waals surface area contributed by atoms with Crippen molar-refractivity contribution in [3.05, 3.63) is 23.2 Å². The third kappa shape index (κ3) is 3.93. The quantitative estimate of drug-likeness (QED) is 0.784. The number of carbonyl (C=O) groups excluding carboxylic acids is 2. The summed E-state index contributed by atoms with van der Waals surface area (Å²) in [5.74, 6) is -0.496. The number of halogens is 1. The molecule has 1 heterocycles. The summed E-state index contributed by atoms with van der Waals surface area (Å²) in [5, 5.41) is 8.91. The molecule has 3 N–H and O–H groups in total. The summed E-state index contributed by atoms with van der Waals surface area (Å²) < 4.78 is 5.37. The van der Waals surface area contributed by atoms with Gasteiger partial charge in [0.1, 0.15) is 6.10 Å². The van der Waals surface area contributed by atoms with Crippen molar-refractivity contribution < 1.29 is 14.3 Å². The Kier molecular flexibility index (Phi) is 4.94. The number of anilines is 2. The fourth-order valence-electron chi connectivity index (χ4n) is 1.87. The largest absolute Gasteiger partial charge is 0.366 e. The lowest BCUT2D eigenvalue weighted by Gasteiger charge is -2.23. The van der Waals surface area contributed by atoms with E-state index < -0.39 is 6.10 Å². The van der Waals surface area contributed by atoms with Crippen LogP contribution < -0.4 is 16.0 Å². The molecule has 0 aromatic heterocycles. The molecule has 1 unspecified atom stereocenters. The highest BCUT2D eigenvalue weighted by Gasteiger charge is 2.22. The molecule has 2 amide bonds. The van der Waals surface area contributed by atoms with Gasteiger partial charge in [0.25, 0.3) is 5.91 Å². The fourth-order valence-corrected chi connectivity index (χ4v) is 2.04. The Labute approximate surface area is 121 Å². The van der Waals surface area contributed by atoms with E-state index in [0.29, 0.717) is 29.5 Å². The van der Waals surface area contributed by atoms with Gasteiger partial charge in [-0.15, -0.1) is 0 Å². The van der Waals surface area contributed by atoms with Crippen molar-refractivity contribution in [2.45, 2.75) is 13.0 Å². The van der Waals surface area contributed by atoms with Crippen LogP contribution in [0.25, 0.3) is 0 Å². The van der Waals surface area contributed by atoms with Crippen molar-refractivity contribution in [2.24, 2.45) is 0 Å². The van der Waals surface area contributed by atoms with Gasteiger partial charge in [0.05, 0.1) is 18.0 Å². The smallest absolute Gasteiger partial charge is 0.254 e. The second-order valence-corrected chi connectivity index (χ2v) is 4.86. The molecule has 1 aromatic carbocycles. The minimum Gasteiger partial charge on any atom is -0.366 e. The second-order valence-electron chi connectivity index (χ2n) is 4.42. The first-order valence-corrected chi connectivity index (χ1v) is 6.64. The van der Waals surface area contributed by atoms with E-state index in [1.165, 1.54) is 6.92 Å². The lowest BCUT2D eigenvalue weighted by molar-refractivity contribution is -0.128. The Morgan fingerprint density at radius 1 is 1.35 bits per heavy atom. The van der Waals surface area contributed by atoms with Crippen LogP contribution in [0.2, 0.25) is 5.02 Å². The van der Waals surface area contributed by atoms with E-state index in [4.69, 9.17) is 16.3 Å². The topological polar surface area (TPSA) is 79.5 Å². The van der Waals surface area contributed by atoms with E-state index >= 15 is 0 Å². The molecule has 7 heteroatoms. The first-order valence-electron chi connectivity index (χ1n) is 6.26. The van der Waals surface area contributed by atoms with Crippen molar-refractivity contribution in [3.8, 4) is 0 Å². The minimum atomic E-state index is -0.548. The molecule has 0 bridgehead atoms. The molecule has 2 rings (SSSR count). The van der Waals surface area contributed by atoms with Crippen LogP contribution in [0.3, 0.4) is 0 Å². The first-order chi connectivity index (χ1) is 9.56. The lowest BCUT2D eigenvalue weighted by atomic mass is 10.2. The molecule has 1 fully saturated rings. The standard InChI is InChI=1S/C13H16ClN3O3/c1-8(18)16-10-3-2-9(14)6-11(10)17-13(19)12-7-15-4-5-20-12/h2-3,6,12,15H,4-5,7H2,1H3,(H,16,18)(H,17,19). The van der Waals surface area contributed by atoms with Crippen LogP contribution in [0, 0.1) is 0 Å². The Morgan fingerprint density at radius 3 is 2.80 bits per heavy atom. The first kappa shape index (κ1) is 14.8. The maximum atomic E-state index is 12.1.